The molecular formula is C18H19Cl2N3O. The molecule has 0 bridgehead atoms. The van der Waals surface area contributed by atoms with Crippen molar-refractivity contribution in [1.82, 2.24) is 9.88 Å². The molecule has 4 nitrogen and oxygen atoms in total. The lowest BCUT2D eigenvalue weighted by Crippen LogP contribution is -2.37. The first kappa shape index (κ1) is 17.1. The quantitative estimate of drug-likeness (QED) is 0.833. The van der Waals surface area contributed by atoms with Gasteiger partial charge in [-0.15, -0.1) is 0 Å². The van der Waals surface area contributed by atoms with Gasteiger partial charge in [-0.05, 0) is 49.1 Å². The maximum absolute atomic E-state index is 12.5. The maximum atomic E-state index is 12.5. The van der Waals surface area contributed by atoms with Gasteiger partial charge in [0.1, 0.15) is 5.82 Å². The largest absolute Gasteiger partial charge is 0.340 e. The number of hydrogen-bond acceptors (Lipinski definition) is 3. The monoisotopic (exact) mass is 363 g/mol. The number of benzene rings is 1. The normalized spacial score (nSPS) is 15.4. The van der Waals surface area contributed by atoms with Crippen LogP contribution in [-0.4, -0.2) is 28.9 Å². The average Bonchev–Trinajstić information content (AvgIpc) is 2.59. The van der Waals surface area contributed by atoms with Crippen molar-refractivity contribution in [2.75, 3.05) is 18.4 Å². The van der Waals surface area contributed by atoms with Crippen molar-refractivity contribution in [2.45, 2.75) is 19.8 Å². The van der Waals surface area contributed by atoms with Gasteiger partial charge in [0.05, 0.1) is 15.6 Å². The molecule has 0 saturated carbocycles. The van der Waals surface area contributed by atoms with Crippen molar-refractivity contribution in [2.24, 2.45) is 5.92 Å². The van der Waals surface area contributed by atoms with Crippen LogP contribution in [0.1, 0.15) is 30.1 Å². The summed E-state index contributed by atoms with van der Waals surface area (Å²) in [6.45, 7) is 3.87. The zero-order chi connectivity index (χ0) is 17.1. The average molecular weight is 364 g/mol. The van der Waals surface area contributed by atoms with Gasteiger partial charge < -0.3 is 10.2 Å². The van der Waals surface area contributed by atoms with Crippen LogP contribution < -0.4 is 5.32 Å². The molecule has 1 amide bonds. The number of halogens is 2. The number of piperidine rings is 1. The van der Waals surface area contributed by atoms with E-state index in [-0.39, 0.29) is 5.91 Å². The number of aromatic nitrogens is 1. The van der Waals surface area contributed by atoms with Gasteiger partial charge in [0, 0.05) is 25.0 Å². The van der Waals surface area contributed by atoms with Crippen LogP contribution >= 0.6 is 23.2 Å². The number of hydrogen-bond donors (Lipinski definition) is 1. The second-order valence-electron chi connectivity index (χ2n) is 6.16. The number of carbonyl (C=O) groups excluding carboxylic acids is 1. The number of carbonyl (C=O) groups is 1. The van der Waals surface area contributed by atoms with Crippen molar-refractivity contribution < 1.29 is 4.79 Å². The highest BCUT2D eigenvalue weighted by Crippen LogP contribution is 2.26. The summed E-state index contributed by atoms with van der Waals surface area (Å²) in [6.07, 6.45) is 3.74. The fourth-order valence-electron chi connectivity index (χ4n) is 2.71. The lowest BCUT2D eigenvalue weighted by Gasteiger charge is -2.30. The molecule has 0 radical (unpaired) electrons. The lowest BCUT2D eigenvalue weighted by molar-refractivity contribution is 0.0697. The topological polar surface area (TPSA) is 45.2 Å². The molecule has 2 aromatic rings. The summed E-state index contributed by atoms with van der Waals surface area (Å²) in [6, 6.07) is 8.88. The Labute approximate surface area is 151 Å². The summed E-state index contributed by atoms with van der Waals surface area (Å²) in [5.74, 6) is 1.40. The first-order valence-corrected chi connectivity index (χ1v) is 8.76. The predicted molar refractivity (Wildman–Crippen MR) is 98.3 cm³/mol. The van der Waals surface area contributed by atoms with E-state index in [2.05, 4.69) is 17.2 Å². The van der Waals surface area contributed by atoms with Gasteiger partial charge in [-0.25, -0.2) is 4.98 Å². The lowest BCUT2D eigenvalue weighted by atomic mass is 9.99. The van der Waals surface area contributed by atoms with Crippen LogP contribution in [0.3, 0.4) is 0 Å². The van der Waals surface area contributed by atoms with Crippen LogP contribution in [0.15, 0.2) is 36.5 Å². The molecule has 1 aliphatic rings. The molecule has 3 rings (SSSR count). The molecule has 1 aromatic carbocycles. The molecule has 1 fully saturated rings. The Morgan fingerprint density at radius 3 is 2.54 bits per heavy atom. The molecule has 0 unspecified atom stereocenters. The highest BCUT2D eigenvalue weighted by Gasteiger charge is 2.21. The highest BCUT2D eigenvalue weighted by atomic mass is 35.5. The first-order chi connectivity index (χ1) is 11.5. The Morgan fingerprint density at radius 1 is 1.17 bits per heavy atom. The second kappa shape index (κ2) is 7.41. The number of amides is 1. The SMILES string of the molecule is CC1CCN(C(=O)c2ccc(Nc3ccc(Cl)c(Cl)c3)nc2)CC1. The minimum absolute atomic E-state index is 0.0514. The number of likely N-dealkylation sites (tertiary alicyclic amines) is 1. The predicted octanol–water partition coefficient (Wildman–Crippen LogP) is 5.00. The summed E-state index contributed by atoms with van der Waals surface area (Å²) in [4.78, 5) is 18.7. The second-order valence-corrected chi connectivity index (χ2v) is 6.98. The fourth-order valence-corrected chi connectivity index (χ4v) is 3.01. The van der Waals surface area contributed by atoms with Gasteiger partial charge >= 0.3 is 0 Å². The van der Waals surface area contributed by atoms with E-state index in [0.29, 0.717) is 27.3 Å². The maximum Gasteiger partial charge on any atom is 0.255 e. The molecule has 24 heavy (non-hydrogen) atoms. The van der Waals surface area contributed by atoms with Crippen molar-refractivity contribution in [3.8, 4) is 0 Å². The van der Waals surface area contributed by atoms with E-state index in [9.17, 15) is 4.79 Å². The van der Waals surface area contributed by atoms with Crippen LogP contribution in [0.25, 0.3) is 0 Å². The molecule has 2 heterocycles. The number of rotatable bonds is 3. The third kappa shape index (κ3) is 4.00. The molecule has 1 saturated heterocycles. The van der Waals surface area contributed by atoms with E-state index < -0.39 is 0 Å². The molecule has 0 atom stereocenters. The Balaban J connectivity index is 1.66. The Kier molecular flexibility index (Phi) is 5.27. The third-order valence-electron chi connectivity index (χ3n) is 4.27. The fraction of sp³-hybridized carbons (Fsp3) is 0.333. The van der Waals surface area contributed by atoms with E-state index >= 15 is 0 Å². The molecule has 1 aromatic heterocycles. The van der Waals surface area contributed by atoms with Crippen molar-refractivity contribution in [1.29, 1.82) is 0 Å². The minimum atomic E-state index is 0.0514. The zero-order valence-corrected chi connectivity index (χ0v) is 14.9. The molecule has 126 valence electrons. The molecular weight excluding hydrogens is 345 g/mol. The van der Waals surface area contributed by atoms with Gasteiger partial charge in [0.2, 0.25) is 0 Å². The Hall–Kier alpha value is -1.78. The van der Waals surface area contributed by atoms with Crippen molar-refractivity contribution in [3.05, 3.63) is 52.1 Å². The zero-order valence-electron chi connectivity index (χ0n) is 13.4. The smallest absolute Gasteiger partial charge is 0.255 e. The summed E-state index contributed by atoms with van der Waals surface area (Å²) in [7, 11) is 0. The first-order valence-electron chi connectivity index (χ1n) is 8.00. The summed E-state index contributed by atoms with van der Waals surface area (Å²) >= 11 is 11.9. The van der Waals surface area contributed by atoms with Gasteiger partial charge in [-0.1, -0.05) is 30.1 Å². The summed E-state index contributed by atoms with van der Waals surface area (Å²) < 4.78 is 0. The standard InChI is InChI=1S/C18H19Cl2N3O/c1-12-6-8-23(9-7-12)18(24)13-2-5-17(21-11-13)22-14-3-4-15(19)16(20)10-14/h2-5,10-12H,6-9H2,1H3,(H,21,22). The van der Waals surface area contributed by atoms with E-state index in [0.717, 1.165) is 31.6 Å². The molecule has 1 N–H and O–H groups in total. The van der Waals surface area contributed by atoms with Crippen LogP contribution in [0.2, 0.25) is 10.0 Å². The molecule has 6 heteroatoms. The van der Waals surface area contributed by atoms with Crippen LogP contribution in [0.4, 0.5) is 11.5 Å². The minimum Gasteiger partial charge on any atom is -0.340 e. The van der Waals surface area contributed by atoms with E-state index in [1.807, 2.05) is 11.0 Å². The Bertz CT molecular complexity index is 726. The van der Waals surface area contributed by atoms with E-state index in [4.69, 9.17) is 23.2 Å². The number of nitrogens with one attached hydrogen (secondary N) is 1. The summed E-state index contributed by atoms with van der Waals surface area (Å²) in [5, 5.41) is 4.13. The van der Waals surface area contributed by atoms with E-state index in [1.165, 1.54) is 0 Å². The van der Waals surface area contributed by atoms with Crippen molar-refractivity contribution in [3.63, 3.8) is 0 Å². The van der Waals surface area contributed by atoms with Gasteiger partial charge in [-0.3, -0.25) is 4.79 Å². The van der Waals surface area contributed by atoms with Gasteiger partial charge in [0.25, 0.3) is 5.91 Å². The number of anilines is 2. The van der Waals surface area contributed by atoms with Crippen LogP contribution in [0, 0.1) is 5.92 Å². The van der Waals surface area contributed by atoms with Crippen LogP contribution in [0.5, 0.6) is 0 Å². The van der Waals surface area contributed by atoms with Crippen LogP contribution in [-0.2, 0) is 0 Å². The Morgan fingerprint density at radius 2 is 1.92 bits per heavy atom. The summed E-state index contributed by atoms with van der Waals surface area (Å²) in [5.41, 5.74) is 1.41. The highest BCUT2D eigenvalue weighted by molar-refractivity contribution is 6.42. The molecule has 1 aliphatic heterocycles. The molecule has 0 aliphatic carbocycles. The third-order valence-corrected chi connectivity index (χ3v) is 5.01. The number of nitrogens with zero attached hydrogens (tertiary/aromatic N) is 2. The number of pyridine rings is 1. The van der Waals surface area contributed by atoms with E-state index in [1.54, 1.807) is 30.5 Å². The van der Waals surface area contributed by atoms with Gasteiger partial charge in [0.15, 0.2) is 0 Å². The van der Waals surface area contributed by atoms with Crippen molar-refractivity contribution >= 4 is 40.6 Å². The molecule has 0 spiro atoms. The van der Waals surface area contributed by atoms with Gasteiger partial charge in [-0.2, -0.15) is 0 Å².